The van der Waals surface area contributed by atoms with Crippen LogP contribution in [0.5, 0.6) is 0 Å². The number of aromatic nitrogens is 2. The largest absolute Gasteiger partial charge is 0.365 e. The molecule has 0 amide bonds. The van der Waals surface area contributed by atoms with E-state index in [1.165, 1.54) is 5.56 Å². The lowest BCUT2D eigenvalue weighted by molar-refractivity contribution is 0.630. The van der Waals surface area contributed by atoms with Gasteiger partial charge in [0, 0.05) is 23.8 Å². The second kappa shape index (κ2) is 6.57. The van der Waals surface area contributed by atoms with E-state index >= 15 is 0 Å². The molecule has 2 aromatic rings. The molecule has 2 rings (SSSR count). The van der Waals surface area contributed by atoms with Crippen LogP contribution < -0.4 is 10.6 Å². The number of hydrogen-bond acceptors (Lipinski definition) is 4. The molecule has 0 aliphatic rings. The molecule has 1 heterocycles. The Morgan fingerprint density at radius 2 is 1.76 bits per heavy atom. The van der Waals surface area contributed by atoms with E-state index in [9.17, 15) is 0 Å². The summed E-state index contributed by atoms with van der Waals surface area (Å²) in [6, 6.07) is 12.4. The lowest BCUT2D eigenvalue weighted by atomic mass is 10.1. The average molecular weight is 284 g/mol. The highest BCUT2D eigenvalue weighted by Crippen LogP contribution is 2.15. The van der Waals surface area contributed by atoms with E-state index in [0.717, 1.165) is 24.5 Å². The first kappa shape index (κ1) is 15.3. The molecule has 4 nitrogen and oxygen atoms in total. The summed E-state index contributed by atoms with van der Waals surface area (Å²) in [5, 5.41) is 6.68. The summed E-state index contributed by atoms with van der Waals surface area (Å²) in [7, 11) is 0. The number of benzene rings is 1. The third-order valence-electron chi connectivity index (χ3n) is 2.90. The van der Waals surface area contributed by atoms with Crippen molar-refractivity contribution in [3.05, 3.63) is 47.7 Å². The molecular weight excluding hydrogens is 260 g/mol. The average Bonchev–Trinajstić information content (AvgIpc) is 2.37. The van der Waals surface area contributed by atoms with Crippen molar-refractivity contribution in [1.29, 1.82) is 0 Å². The van der Waals surface area contributed by atoms with Crippen LogP contribution in [-0.2, 0) is 6.42 Å². The molecule has 0 unspecified atom stereocenters. The Morgan fingerprint density at radius 1 is 1.05 bits per heavy atom. The van der Waals surface area contributed by atoms with Crippen molar-refractivity contribution in [3.63, 3.8) is 0 Å². The van der Waals surface area contributed by atoms with E-state index < -0.39 is 0 Å². The maximum absolute atomic E-state index is 4.52. The van der Waals surface area contributed by atoms with Gasteiger partial charge in [0.2, 0.25) is 5.95 Å². The second-order valence-electron chi connectivity index (χ2n) is 6.26. The van der Waals surface area contributed by atoms with Crippen LogP contribution in [0.2, 0.25) is 0 Å². The van der Waals surface area contributed by atoms with Crippen molar-refractivity contribution in [3.8, 4) is 0 Å². The van der Waals surface area contributed by atoms with Crippen molar-refractivity contribution >= 4 is 11.8 Å². The van der Waals surface area contributed by atoms with Crippen LogP contribution >= 0.6 is 0 Å². The highest BCUT2D eigenvalue weighted by atomic mass is 15.2. The maximum atomic E-state index is 4.52. The molecule has 0 aliphatic carbocycles. The molecule has 0 aliphatic heterocycles. The Labute approximate surface area is 127 Å². The molecule has 0 radical (unpaired) electrons. The minimum atomic E-state index is -0.0118. The fourth-order valence-corrected chi connectivity index (χ4v) is 2.06. The van der Waals surface area contributed by atoms with Gasteiger partial charge < -0.3 is 10.6 Å². The zero-order valence-electron chi connectivity index (χ0n) is 13.3. The van der Waals surface area contributed by atoms with Gasteiger partial charge in [-0.15, -0.1) is 0 Å². The van der Waals surface area contributed by atoms with Gasteiger partial charge in [0.15, 0.2) is 0 Å². The summed E-state index contributed by atoms with van der Waals surface area (Å²) in [6.07, 6.45) is 0.959. The Kier molecular flexibility index (Phi) is 4.78. The quantitative estimate of drug-likeness (QED) is 0.880. The highest BCUT2D eigenvalue weighted by Gasteiger charge is 2.11. The summed E-state index contributed by atoms with van der Waals surface area (Å²) in [5.41, 5.74) is 2.26. The minimum absolute atomic E-state index is 0.0118. The van der Waals surface area contributed by atoms with Crippen LogP contribution in [0.4, 0.5) is 11.8 Å². The molecular formula is C17H24N4. The first-order valence-corrected chi connectivity index (χ1v) is 7.34. The summed E-state index contributed by atoms with van der Waals surface area (Å²) in [4.78, 5) is 8.95. The van der Waals surface area contributed by atoms with Crippen molar-refractivity contribution in [2.75, 3.05) is 17.2 Å². The Bertz CT molecular complexity index is 573. The van der Waals surface area contributed by atoms with Crippen molar-refractivity contribution in [2.24, 2.45) is 0 Å². The number of hydrogen-bond donors (Lipinski definition) is 2. The molecule has 2 N–H and O–H groups in total. The van der Waals surface area contributed by atoms with Gasteiger partial charge in [-0.05, 0) is 39.7 Å². The van der Waals surface area contributed by atoms with Gasteiger partial charge >= 0.3 is 0 Å². The van der Waals surface area contributed by atoms with Crippen LogP contribution in [0.1, 0.15) is 32.0 Å². The van der Waals surface area contributed by atoms with Gasteiger partial charge in [0.1, 0.15) is 5.82 Å². The van der Waals surface area contributed by atoms with Crippen molar-refractivity contribution in [1.82, 2.24) is 9.97 Å². The summed E-state index contributed by atoms with van der Waals surface area (Å²) in [6.45, 7) is 9.16. The van der Waals surface area contributed by atoms with Crippen LogP contribution in [0.25, 0.3) is 0 Å². The van der Waals surface area contributed by atoms with E-state index in [-0.39, 0.29) is 5.54 Å². The summed E-state index contributed by atoms with van der Waals surface area (Å²) >= 11 is 0. The van der Waals surface area contributed by atoms with E-state index in [2.05, 4.69) is 65.6 Å². The molecule has 0 atom stereocenters. The predicted octanol–water partition coefficient (Wildman–Crippen LogP) is 3.65. The molecule has 0 bridgehead atoms. The number of anilines is 2. The molecule has 0 fully saturated rings. The number of rotatable bonds is 5. The zero-order valence-corrected chi connectivity index (χ0v) is 13.3. The molecule has 4 heteroatoms. The Hall–Kier alpha value is -2.10. The number of nitrogens with one attached hydrogen (secondary N) is 2. The van der Waals surface area contributed by atoms with Gasteiger partial charge in [-0.3, -0.25) is 0 Å². The molecule has 112 valence electrons. The zero-order chi connectivity index (χ0) is 15.3. The molecule has 1 aromatic heterocycles. The van der Waals surface area contributed by atoms with Gasteiger partial charge in [-0.1, -0.05) is 30.3 Å². The van der Waals surface area contributed by atoms with Gasteiger partial charge in [0.05, 0.1) is 0 Å². The van der Waals surface area contributed by atoms with Crippen LogP contribution in [0.15, 0.2) is 36.4 Å². The van der Waals surface area contributed by atoms with Gasteiger partial charge in [0.25, 0.3) is 0 Å². The topological polar surface area (TPSA) is 49.8 Å². The SMILES string of the molecule is Cc1cc(NC(C)(C)C)nc(NCCc2ccccc2)n1. The van der Waals surface area contributed by atoms with Crippen LogP contribution in [-0.4, -0.2) is 22.1 Å². The van der Waals surface area contributed by atoms with Crippen molar-refractivity contribution < 1.29 is 0 Å². The standard InChI is InChI=1S/C17H24N4/c1-13-12-15(21-17(2,3)4)20-16(19-13)18-11-10-14-8-6-5-7-9-14/h5-9,12H,10-11H2,1-4H3,(H2,18,19,20,21). The van der Waals surface area contributed by atoms with Crippen LogP contribution in [0, 0.1) is 6.92 Å². The normalized spacial score (nSPS) is 11.2. The van der Waals surface area contributed by atoms with E-state index in [1.54, 1.807) is 0 Å². The number of nitrogens with zero attached hydrogens (tertiary/aromatic N) is 2. The van der Waals surface area contributed by atoms with Crippen molar-refractivity contribution in [2.45, 2.75) is 39.7 Å². The van der Waals surface area contributed by atoms with E-state index in [1.807, 2.05) is 19.1 Å². The van der Waals surface area contributed by atoms with Crippen LogP contribution in [0.3, 0.4) is 0 Å². The van der Waals surface area contributed by atoms with E-state index in [0.29, 0.717) is 5.95 Å². The predicted molar refractivity (Wildman–Crippen MR) is 88.8 cm³/mol. The third-order valence-corrected chi connectivity index (χ3v) is 2.90. The lowest BCUT2D eigenvalue weighted by Crippen LogP contribution is -2.27. The highest BCUT2D eigenvalue weighted by molar-refractivity contribution is 5.43. The first-order chi connectivity index (χ1) is 9.92. The molecule has 0 saturated heterocycles. The molecule has 0 saturated carbocycles. The second-order valence-corrected chi connectivity index (χ2v) is 6.26. The third kappa shape index (κ3) is 5.42. The number of aryl methyl sites for hydroxylation is 1. The smallest absolute Gasteiger partial charge is 0.224 e. The maximum Gasteiger partial charge on any atom is 0.224 e. The summed E-state index contributed by atoms with van der Waals surface area (Å²) < 4.78 is 0. The molecule has 21 heavy (non-hydrogen) atoms. The first-order valence-electron chi connectivity index (χ1n) is 7.34. The molecule has 1 aromatic carbocycles. The van der Waals surface area contributed by atoms with E-state index in [4.69, 9.17) is 0 Å². The fraction of sp³-hybridized carbons (Fsp3) is 0.412. The lowest BCUT2D eigenvalue weighted by Gasteiger charge is -2.21. The molecule has 0 spiro atoms. The Balaban J connectivity index is 1.97. The Morgan fingerprint density at radius 3 is 2.43 bits per heavy atom. The summed E-state index contributed by atoms with van der Waals surface area (Å²) in [5.74, 6) is 1.54. The monoisotopic (exact) mass is 284 g/mol. The van der Waals surface area contributed by atoms with Gasteiger partial charge in [-0.2, -0.15) is 4.98 Å². The van der Waals surface area contributed by atoms with Gasteiger partial charge in [-0.25, -0.2) is 4.98 Å². The minimum Gasteiger partial charge on any atom is -0.365 e. The fourth-order valence-electron chi connectivity index (χ4n) is 2.06.